The molecule has 0 saturated heterocycles. The van der Waals surface area contributed by atoms with E-state index in [1.54, 1.807) is 19.2 Å². The van der Waals surface area contributed by atoms with Crippen molar-refractivity contribution in [1.82, 2.24) is 10.3 Å². The van der Waals surface area contributed by atoms with Crippen molar-refractivity contribution in [3.63, 3.8) is 0 Å². The molecule has 2 aromatic rings. The molecular weight excluding hydrogens is 268 g/mol. The van der Waals surface area contributed by atoms with E-state index >= 15 is 0 Å². The van der Waals surface area contributed by atoms with Gasteiger partial charge in [0.05, 0.1) is 25.5 Å². The minimum atomic E-state index is -0.248. The van der Waals surface area contributed by atoms with Crippen LogP contribution in [0, 0.1) is 6.92 Å². The first-order valence-electron chi connectivity index (χ1n) is 6.77. The smallest absolute Gasteiger partial charge is 0.138 e. The third kappa shape index (κ3) is 3.93. The Kier molecular flexibility index (Phi) is 5.14. The summed E-state index contributed by atoms with van der Waals surface area (Å²) < 4.78 is 5.19. The number of aryl methyl sites for hydroxylation is 1. The molecule has 1 aromatic heterocycles. The summed E-state index contributed by atoms with van der Waals surface area (Å²) in [5.74, 6) is 0.889. The monoisotopic (exact) mass is 288 g/mol. The number of aromatic nitrogens is 1. The molecule has 1 unspecified atom stereocenters. The molecule has 1 heterocycles. The molecule has 0 aliphatic heterocycles. The summed E-state index contributed by atoms with van der Waals surface area (Å²) in [5, 5.41) is 22.5. The average Bonchev–Trinajstić information content (AvgIpc) is 2.51. The Labute approximate surface area is 124 Å². The van der Waals surface area contributed by atoms with Gasteiger partial charge in [0.2, 0.25) is 0 Å². The van der Waals surface area contributed by atoms with Crippen LogP contribution in [0.2, 0.25) is 0 Å². The van der Waals surface area contributed by atoms with Crippen molar-refractivity contribution in [1.29, 1.82) is 0 Å². The zero-order chi connectivity index (χ0) is 15.2. The number of benzene rings is 1. The van der Waals surface area contributed by atoms with E-state index in [1.165, 1.54) is 0 Å². The van der Waals surface area contributed by atoms with Gasteiger partial charge in [0.25, 0.3) is 0 Å². The third-order valence-electron chi connectivity index (χ3n) is 3.28. The molecule has 0 bridgehead atoms. The quantitative estimate of drug-likeness (QED) is 0.757. The lowest BCUT2D eigenvalue weighted by Crippen LogP contribution is -2.24. The van der Waals surface area contributed by atoms with E-state index in [2.05, 4.69) is 10.3 Å². The molecule has 21 heavy (non-hydrogen) atoms. The molecule has 112 valence electrons. The number of nitrogens with zero attached hydrogens (tertiary/aromatic N) is 1. The van der Waals surface area contributed by atoms with Crippen molar-refractivity contribution in [3.8, 4) is 11.5 Å². The van der Waals surface area contributed by atoms with Gasteiger partial charge in [-0.15, -0.1) is 0 Å². The van der Waals surface area contributed by atoms with Gasteiger partial charge < -0.3 is 20.3 Å². The Hall–Kier alpha value is -2.11. The maximum absolute atomic E-state index is 9.79. The molecule has 0 spiro atoms. The number of ether oxygens (including phenoxy) is 1. The molecule has 0 fully saturated rings. The zero-order valence-electron chi connectivity index (χ0n) is 12.2. The van der Waals surface area contributed by atoms with Gasteiger partial charge in [0.15, 0.2) is 0 Å². The number of hydrogen-bond donors (Lipinski definition) is 3. The molecule has 5 nitrogen and oxygen atoms in total. The Balaban J connectivity index is 2.10. The highest BCUT2D eigenvalue weighted by Gasteiger charge is 2.12. The number of aliphatic hydroxyl groups excluding tert-OH is 1. The minimum Gasteiger partial charge on any atom is -0.506 e. The molecule has 1 atom stereocenters. The van der Waals surface area contributed by atoms with Gasteiger partial charge in [-0.3, -0.25) is 4.98 Å². The molecular formula is C16H20N2O3. The van der Waals surface area contributed by atoms with Crippen molar-refractivity contribution < 1.29 is 14.9 Å². The van der Waals surface area contributed by atoms with Crippen LogP contribution in [0.3, 0.4) is 0 Å². The van der Waals surface area contributed by atoms with Crippen LogP contribution >= 0.6 is 0 Å². The molecule has 1 aromatic carbocycles. The summed E-state index contributed by atoms with van der Waals surface area (Å²) in [6, 6.07) is 10.6. The van der Waals surface area contributed by atoms with E-state index in [-0.39, 0.29) is 18.4 Å². The molecule has 0 radical (unpaired) electrons. The highest BCUT2D eigenvalue weighted by atomic mass is 16.5. The van der Waals surface area contributed by atoms with E-state index in [9.17, 15) is 10.2 Å². The normalized spacial score (nSPS) is 12.1. The summed E-state index contributed by atoms with van der Waals surface area (Å²) in [6.45, 7) is 2.18. The van der Waals surface area contributed by atoms with Gasteiger partial charge in [-0.25, -0.2) is 0 Å². The van der Waals surface area contributed by atoms with Crippen molar-refractivity contribution in [2.24, 2.45) is 0 Å². The summed E-state index contributed by atoms with van der Waals surface area (Å²) in [5.41, 5.74) is 2.33. The van der Waals surface area contributed by atoms with Crippen LogP contribution in [0.25, 0.3) is 0 Å². The van der Waals surface area contributed by atoms with Gasteiger partial charge in [0.1, 0.15) is 11.5 Å². The fourth-order valence-electron chi connectivity index (χ4n) is 2.10. The predicted octanol–water partition coefficient (Wildman–Crippen LogP) is 1.93. The Morgan fingerprint density at radius 3 is 2.81 bits per heavy atom. The van der Waals surface area contributed by atoms with Crippen LogP contribution < -0.4 is 10.1 Å². The highest BCUT2D eigenvalue weighted by Crippen LogP contribution is 2.20. The minimum absolute atomic E-state index is 0.0558. The van der Waals surface area contributed by atoms with Crippen molar-refractivity contribution in [3.05, 3.63) is 53.3 Å². The standard InChI is InChI=1S/C16H20N2O3/c1-11-6-7-16(20)14(18-11)9-17-15(10-19)12-4-3-5-13(8-12)21-2/h3-8,15,17,19-20H,9-10H2,1-2H3. The van der Waals surface area contributed by atoms with E-state index in [1.807, 2.05) is 31.2 Å². The van der Waals surface area contributed by atoms with E-state index in [0.717, 1.165) is 17.0 Å². The number of methoxy groups -OCH3 is 1. The van der Waals surface area contributed by atoms with Crippen LogP contribution in [0.4, 0.5) is 0 Å². The number of hydrogen-bond acceptors (Lipinski definition) is 5. The van der Waals surface area contributed by atoms with Gasteiger partial charge in [-0.1, -0.05) is 12.1 Å². The fourth-order valence-corrected chi connectivity index (χ4v) is 2.10. The molecule has 0 saturated carbocycles. The van der Waals surface area contributed by atoms with Gasteiger partial charge in [-0.05, 0) is 36.8 Å². The van der Waals surface area contributed by atoms with E-state index in [4.69, 9.17) is 4.74 Å². The lowest BCUT2D eigenvalue weighted by molar-refractivity contribution is 0.242. The molecule has 0 aliphatic rings. The summed E-state index contributed by atoms with van der Waals surface area (Å²) in [4.78, 5) is 4.29. The van der Waals surface area contributed by atoms with Crippen LogP contribution in [0.1, 0.15) is 23.0 Å². The lowest BCUT2D eigenvalue weighted by Gasteiger charge is -2.17. The first kappa shape index (κ1) is 15.3. The summed E-state index contributed by atoms with van der Waals surface area (Å²) >= 11 is 0. The van der Waals surface area contributed by atoms with Crippen molar-refractivity contribution in [2.45, 2.75) is 19.5 Å². The number of nitrogens with one attached hydrogen (secondary N) is 1. The largest absolute Gasteiger partial charge is 0.506 e. The highest BCUT2D eigenvalue weighted by molar-refractivity contribution is 5.31. The second kappa shape index (κ2) is 7.06. The lowest BCUT2D eigenvalue weighted by atomic mass is 10.1. The van der Waals surface area contributed by atoms with Crippen LogP contribution in [0.5, 0.6) is 11.5 Å². The van der Waals surface area contributed by atoms with Crippen LogP contribution in [-0.2, 0) is 6.54 Å². The SMILES string of the molecule is COc1cccc(C(CO)NCc2nc(C)ccc2O)c1. The number of pyridine rings is 1. The average molecular weight is 288 g/mol. The number of aliphatic hydroxyl groups is 1. The van der Waals surface area contributed by atoms with Crippen LogP contribution in [0.15, 0.2) is 36.4 Å². The molecule has 0 amide bonds. The van der Waals surface area contributed by atoms with Crippen molar-refractivity contribution in [2.75, 3.05) is 13.7 Å². The maximum Gasteiger partial charge on any atom is 0.138 e. The van der Waals surface area contributed by atoms with Crippen molar-refractivity contribution >= 4 is 0 Å². The fraction of sp³-hybridized carbons (Fsp3) is 0.312. The second-order valence-corrected chi connectivity index (χ2v) is 4.81. The van der Waals surface area contributed by atoms with E-state index < -0.39 is 0 Å². The zero-order valence-corrected chi connectivity index (χ0v) is 12.2. The third-order valence-corrected chi connectivity index (χ3v) is 3.28. The maximum atomic E-state index is 9.79. The van der Waals surface area contributed by atoms with Crippen LogP contribution in [-0.4, -0.2) is 28.9 Å². The van der Waals surface area contributed by atoms with E-state index in [0.29, 0.717) is 12.2 Å². The Morgan fingerprint density at radius 2 is 2.10 bits per heavy atom. The summed E-state index contributed by atoms with van der Waals surface area (Å²) in [7, 11) is 1.61. The molecule has 0 aliphatic carbocycles. The van der Waals surface area contributed by atoms with Gasteiger partial charge >= 0.3 is 0 Å². The molecule has 2 rings (SSSR count). The first-order valence-corrected chi connectivity index (χ1v) is 6.77. The second-order valence-electron chi connectivity index (χ2n) is 4.81. The molecule has 5 heteroatoms. The molecule has 3 N–H and O–H groups in total. The number of rotatable bonds is 6. The topological polar surface area (TPSA) is 74.6 Å². The number of aromatic hydroxyl groups is 1. The predicted molar refractivity (Wildman–Crippen MR) is 80.3 cm³/mol. The van der Waals surface area contributed by atoms with Gasteiger partial charge in [-0.2, -0.15) is 0 Å². The summed E-state index contributed by atoms with van der Waals surface area (Å²) in [6.07, 6.45) is 0. The van der Waals surface area contributed by atoms with Gasteiger partial charge in [0, 0.05) is 12.2 Å². The first-order chi connectivity index (χ1) is 10.1. The Morgan fingerprint density at radius 1 is 1.29 bits per heavy atom. The Bertz CT molecular complexity index is 602.